The van der Waals surface area contributed by atoms with E-state index in [1.165, 1.54) is 0 Å². The summed E-state index contributed by atoms with van der Waals surface area (Å²) in [5, 5.41) is 14.4. The number of amides is 2. The lowest BCUT2D eigenvalue weighted by Gasteiger charge is -2.22. The molecule has 3 N–H and O–H groups in total. The first kappa shape index (κ1) is 23.9. The second-order valence-corrected chi connectivity index (χ2v) is 8.22. The van der Waals surface area contributed by atoms with E-state index >= 15 is 0 Å². The van der Waals surface area contributed by atoms with Crippen molar-refractivity contribution in [1.82, 2.24) is 10.6 Å². The predicted molar refractivity (Wildman–Crippen MR) is 124 cm³/mol. The van der Waals surface area contributed by atoms with Crippen LogP contribution in [0.5, 0.6) is 0 Å². The number of aliphatic carboxylic acids is 1. The lowest BCUT2D eigenvalue weighted by atomic mass is 9.98. The lowest BCUT2D eigenvalue weighted by Crippen LogP contribution is -2.53. The van der Waals surface area contributed by atoms with Crippen LogP contribution in [0.2, 0.25) is 0 Å². The number of ether oxygens (including phenoxy) is 1. The fourth-order valence-corrected chi connectivity index (χ4v) is 3.96. The molecule has 1 unspecified atom stereocenters. The first-order valence-electron chi connectivity index (χ1n) is 10.9. The molecule has 2 aromatic carbocycles. The summed E-state index contributed by atoms with van der Waals surface area (Å²) in [6, 6.07) is 13.9. The van der Waals surface area contributed by atoms with Crippen LogP contribution in [0.4, 0.5) is 4.79 Å². The monoisotopic (exact) mass is 448 g/mol. The molecule has 7 heteroatoms. The summed E-state index contributed by atoms with van der Waals surface area (Å²) in [4.78, 5) is 36.7. The van der Waals surface area contributed by atoms with Crippen LogP contribution in [0.3, 0.4) is 0 Å². The lowest BCUT2D eigenvalue weighted by molar-refractivity contribution is -0.143. The molecule has 0 saturated heterocycles. The molecule has 0 aromatic heterocycles. The summed E-state index contributed by atoms with van der Waals surface area (Å²) < 4.78 is 5.51. The third-order valence-corrected chi connectivity index (χ3v) is 5.67. The molecular formula is C26H28N2O5. The van der Waals surface area contributed by atoms with Crippen molar-refractivity contribution in [2.24, 2.45) is 5.92 Å². The summed E-state index contributed by atoms with van der Waals surface area (Å²) in [6.07, 6.45) is -0.719. The highest BCUT2D eigenvalue weighted by molar-refractivity contribution is 5.89. The van der Waals surface area contributed by atoms with Crippen molar-refractivity contribution in [3.63, 3.8) is 0 Å². The van der Waals surface area contributed by atoms with Gasteiger partial charge in [-0.05, 0) is 35.1 Å². The van der Waals surface area contributed by atoms with Crippen LogP contribution >= 0.6 is 0 Å². The zero-order chi connectivity index (χ0) is 24.0. The van der Waals surface area contributed by atoms with Crippen LogP contribution in [0.1, 0.15) is 44.2 Å². The molecule has 172 valence electrons. The molecule has 2 atom stereocenters. The van der Waals surface area contributed by atoms with Crippen LogP contribution < -0.4 is 10.6 Å². The van der Waals surface area contributed by atoms with Crippen LogP contribution in [-0.2, 0) is 14.3 Å². The number of rotatable bonds is 8. The van der Waals surface area contributed by atoms with E-state index < -0.39 is 30.1 Å². The molecule has 1 aliphatic carbocycles. The third kappa shape index (κ3) is 5.53. The van der Waals surface area contributed by atoms with E-state index in [4.69, 9.17) is 4.74 Å². The molecule has 2 aromatic rings. The zero-order valence-electron chi connectivity index (χ0n) is 18.9. The average Bonchev–Trinajstić information content (AvgIpc) is 3.12. The minimum atomic E-state index is -1.14. The topological polar surface area (TPSA) is 105 Å². The number of benzene rings is 2. The van der Waals surface area contributed by atoms with Gasteiger partial charge in [-0.3, -0.25) is 4.79 Å². The summed E-state index contributed by atoms with van der Waals surface area (Å²) in [5.74, 6) is 3.26. The molecule has 0 radical (unpaired) electrons. The molecule has 33 heavy (non-hydrogen) atoms. The van der Waals surface area contributed by atoms with Gasteiger partial charge in [-0.1, -0.05) is 62.4 Å². The number of carboxylic acid groups (broad SMARTS) is 1. The fraction of sp³-hybridized carbons (Fsp3) is 0.346. The minimum Gasteiger partial charge on any atom is -0.480 e. The number of hydrogen-bond donors (Lipinski definition) is 3. The Labute approximate surface area is 193 Å². The molecule has 0 spiro atoms. The highest BCUT2D eigenvalue weighted by Gasteiger charge is 2.31. The maximum atomic E-state index is 12.7. The molecule has 0 saturated carbocycles. The molecule has 1 aliphatic rings. The van der Waals surface area contributed by atoms with Crippen molar-refractivity contribution in [1.29, 1.82) is 0 Å². The Hall–Kier alpha value is -3.79. The first-order chi connectivity index (χ1) is 15.8. The predicted octanol–water partition coefficient (Wildman–Crippen LogP) is 3.53. The van der Waals surface area contributed by atoms with Gasteiger partial charge in [-0.25, -0.2) is 9.59 Å². The summed E-state index contributed by atoms with van der Waals surface area (Å²) in [5.41, 5.74) is 4.40. The highest BCUT2D eigenvalue weighted by atomic mass is 16.5. The van der Waals surface area contributed by atoms with E-state index in [0.29, 0.717) is 0 Å². The van der Waals surface area contributed by atoms with Crippen molar-refractivity contribution in [2.75, 3.05) is 6.61 Å². The van der Waals surface area contributed by atoms with Crippen molar-refractivity contribution >= 4 is 18.0 Å². The average molecular weight is 449 g/mol. The van der Waals surface area contributed by atoms with Crippen molar-refractivity contribution < 1.29 is 24.2 Å². The Morgan fingerprint density at radius 2 is 1.58 bits per heavy atom. The summed E-state index contributed by atoms with van der Waals surface area (Å²) in [7, 11) is 0. The van der Waals surface area contributed by atoms with Crippen LogP contribution in [0.25, 0.3) is 11.1 Å². The van der Waals surface area contributed by atoms with E-state index in [2.05, 4.69) is 22.5 Å². The van der Waals surface area contributed by atoms with Gasteiger partial charge in [-0.15, -0.1) is 11.8 Å². The number of carbonyl (C=O) groups excluding carboxylic acids is 2. The molecule has 0 fully saturated rings. The molecule has 3 rings (SSSR count). The van der Waals surface area contributed by atoms with Gasteiger partial charge in [-0.2, -0.15) is 0 Å². The van der Waals surface area contributed by atoms with Crippen LogP contribution in [0.15, 0.2) is 48.5 Å². The molecular weight excluding hydrogens is 420 g/mol. The number of fused-ring (bicyclic) bond motifs is 3. The Kier molecular flexibility index (Phi) is 7.73. The van der Waals surface area contributed by atoms with Gasteiger partial charge in [0, 0.05) is 12.3 Å². The van der Waals surface area contributed by atoms with E-state index in [-0.39, 0.29) is 24.9 Å². The van der Waals surface area contributed by atoms with Gasteiger partial charge in [0.05, 0.1) is 0 Å². The Balaban J connectivity index is 1.68. The van der Waals surface area contributed by atoms with E-state index in [0.717, 1.165) is 22.3 Å². The fourth-order valence-electron chi connectivity index (χ4n) is 3.96. The van der Waals surface area contributed by atoms with Gasteiger partial charge >= 0.3 is 12.1 Å². The summed E-state index contributed by atoms with van der Waals surface area (Å²) in [6.45, 7) is 5.12. The number of alkyl carbamates (subject to hydrolysis) is 1. The number of carboxylic acids is 1. The van der Waals surface area contributed by atoms with Gasteiger partial charge in [0.25, 0.3) is 0 Å². The maximum Gasteiger partial charge on any atom is 0.407 e. The molecule has 2 amide bonds. The smallest absolute Gasteiger partial charge is 0.407 e. The first-order valence-corrected chi connectivity index (χ1v) is 10.9. The molecule has 0 aliphatic heterocycles. The Morgan fingerprint density at radius 3 is 2.09 bits per heavy atom. The number of carbonyl (C=O) groups is 3. The molecule has 0 bridgehead atoms. The quantitative estimate of drug-likeness (QED) is 0.536. The van der Waals surface area contributed by atoms with Gasteiger partial charge in [0.2, 0.25) is 5.91 Å². The van der Waals surface area contributed by atoms with Crippen LogP contribution in [0, 0.1) is 17.8 Å². The van der Waals surface area contributed by atoms with Gasteiger partial charge in [0.15, 0.2) is 0 Å². The number of hydrogen-bond acceptors (Lipinski definition) is 4. The Morgan fingerprint density at radius 1 is 1.00 bits per heavy atom. The minimum absolute atomic E-state index is 0.0387. The number of nitrogens with one attached hydrogen (secondary N) is 2. The summed E-state index contributed by atoms with van der Waals surface area (Å²) >= 11 is 0. The molecule has 7 nitrogen and oxygen atoms in total. The van der Waals surface area contributed by atoms with Crippen molar-refractivity contribution in [3.05, 3.63) is 59.7 Å². The van der Waals surface area contributed by atoms with Crippen molar-refractivity contribution in [3.8, 4) is 23.0 Å². The molecule has 0 heterocycles. The van der Waals surface area contributed by atoms with E-state index in [9.17, 15) is 19.5 Å². The van der Waals surface area contributed by atoms with Crippen molar-refractivity contribution in [2.45, 2.75) is 45.2 Å². The SMILES string of the molecule is CC#CCC(NC(=O)OCC1c2ccccc2-c2ccccc21)C(=O)N[C@@H](C(=O)O)C(C)C. The normalized spacial score (nSPS) is 13.7. The van der Waals surface area contributed by atoms with Gasteiger partial charge in [0.1, 0.15) is 18.7 Å². The Bertz CT molecular complexity index is 1050. The highest BCUT2D eigenvalue weighted by Crippen LogP contribution is 2.44. The maximum absolute atomic E-state index is 12.7. The van der Waals surface area contributed by atoms with Crippen LogP contribution in [-0.4, -0.2) is 41.8 Å². The largest absolute Gasteiger partial charge is 0.480 e. The zero-order valence-corrected chi connectivity index (χ0v) is 18.9. The standard InChI is InChI=1S/C26H28N2O5/c1-4-5-14-22(24(29)28-23(16(2)3)25(30)31)27-26(32)33-15-21-19-12-8-6-10-17(19)18-11-7-9-13-20(18)21/h6-13,16,21-23H,14-15H2,1-3H3,(H,27,32)(H,28,29)(H,30,31)/t22?,23-/m1/s1. The second-order valence-electron chi connectivity index (χ2n) is 8.22. The third-order valence-electron chi connectivity index (χ3n) is 5.67. The van der Waals surface area contributed by atoms with E-state index in [1.54, 1.807) is 20.8 Å². The van der Waals surface area contributed by atoms with Gasteiger partial charge < -0.3 is 20.5 Å². The second kappa shape index (κ2) is 10.7. The van der Waals surface area contributed by atoms with E-state index in [1.807, 2.05) is 48.5 Å².